The van der Waals surface area contributed by atoms with Crippen molar-refractivity contribution in [2.45, 2.75) is 57.0 Å². The van der Waals surface area contributed by atoms with E-state index in [1.54, 1.807) is 23.6 Å². The molecule has 2 heterocycles. The summed E-state index contributed by atoms with van der Waals surface area (Å²) in [4.78, 5) is 39.1. The number of rotatable bonds is 4. The first-order valence-corrected chi connectivity index (χ1v) is 12.9. The summed E-state index contributed by atoms with van der Waals surface area (Å²) >= 11 is 6.55. The molecule has 9 heteroatoms. The molecule has 1 fully saturated rings. The number of amides is 1. The Morgan fingerprint density at radius 3 is 2.76 bits per heavy atom. The minimum absolute atomic E-state index is 0.165. The highest BCUT2D eigenvalue weighted by Crippen LogP contribution is 2.39. The molecule has 2 aliphatic carbocycles. The molecule has 4 atom stereocenters. The molecular formula is C28H26ClN3O5. The SMILES string of the molecule is Cc1onc2c1c(=O)n(C1CCCC(NC(=O)C3Cc4ccccc4C3C(=O)O)C1)c1cccc(Cl)c21. The van der Waals surface area contributed by atoms with Crippen LogP contribution in [0.2, 0.25) is 5.02 Å². The molecule has 8 nitrogen and oxygen atoms in total. The molecule has 1 saturated carbocycles. The zero-order chi connectivity index (χ0) is 25.8. The Kier molecular flexibility index (Phi) is 5.79. The van der Waals surface area contributed by atoms with Gasteiger partial charge in [-0.1, -0.05) is 47.1 Å². The van der Waals surface area contributed by atoms with Gasteiger partial charge in [0.25, 0.3) is 5.56 Å². The van der Waals surface area contributed by atoms with E-state index in [1.165, 1.54) is 0 Å². The first kappa shape index (κ1) is 23.7. The molecule has 4 aromatic rings. The van der Waals surface area contributed by atoms with E-state index in [1.807, 2.05) is 30.3 Å². The number of hydrogen-bond acceptors (Lipinski definition) is 5. The van der Waals surface area contributed by atoms with Crippen LogP contribution in [0.3, 0.4) is 0 Å². The number of aryl methyl sites for hydroxylation is 1. The second kappa shape index (κ2) is 9.03. The van der Waals surface area contributed by atoms with Crippen LogP contribution in [0, 0.1) is 12.8 Å². The quantitative estimate of drug-likeness (QED) is 0.402. The number of hydrogen-bond donors (Lipinski definition) is 2. The van der Waals surface area contributed by atoms with Crippen molar-refractivity contribution in [3.63, 3.8) is 0 Å². The Hall–Kier alpha value is -3.65. The number of nitrogens with one attached hydrogen (secondary N) is 1. The van der Waals surface area contributed by atoms with Gasteiger partial charge in [-0.05, 0) is 62.3 Å². The lowest BCUT2D eigenvalue weighted by atomic mass is 9.88. The number of carboxylic acid groups (broad SMARTS) is 1. The van der Waals surface area contributed by atoms with Crippen LogP contribution in [0.4, 0.5) is 0 Å². The van der Waals surface area contributed by atoms with Crippen LogP contribution in [0.5, 0.6) is 0 Å². The van der Waals surface area contributed by atoms with Gasteiger partial charge in [0.15, 0.2) is 0 Å². The largest absolute Gasteiger partial charge is 0.481 e. The number of carboxylic acids is 1. The van der Waals surface area contributed by atoms with Gasteiger partial charge < -0.3 is 19.5 Å². The normalized spacial score (nSPS) is 23.3. The second-order valence-electron chi connectivity index (χ2n) is 10.1. The van der Waals surface area contributed by atoms with Crippen molar-refractivity contribution < 1.29 is 19.2 Å². The molecule has 4 unspecified atom stereocenters. The summed E-state index contributed by atoms with van der Waals surface area (Å²) in [7, 11) is 0. The third-order valence-corrected chi connectivity index (χ3v) is 8.29. The summed E-state index contributed by atoms with van der Waals surface area (Å²) in [6.45, 7) is 1.71. The van der Waals surface area contributed by atoms with Crippen molar-refractivity contribution in [2.24, 2.45) is 5.92 Å². The van der Waals surface area contributed by atoms with Gasteiger partial charge in [-0.25, -0.2) is 0 Å². The highest BCUT2D eigenvalue weighted by Gasteiger charge is 2.42. The molecule has 0 spiro atoms. The average Bonchev–Trinajstić information content (AvgIpc) is 3.46. The lowest BCUT2D eigenvalue weighted by molar-refractivity contribution is -0.143. The summed E-state index contributed by atoms with van der Waals surface area (Å²) in [6.07, 6.45) is 3.32. The van der Waals surface area contributed by atoms with Gasteiger partial charge in [-0.2, -0.15) is 0 Å². The fourth-order valence-electron chi connectivity index (χ4n) is 6.32. The van der Waals surface area contributed by atoms with Gasteiger partial charge in [0, 0.05) is 17.5 Å². The van der Waals surface area contributed by atoms with Crippen LogP contribution in [0.1, 0.15) is 54.5 Å². The standard InChI is InChI=1S/C28H26ClN3O5/c1-14-22-25(31-37-14)24-20(29)10-5-11-21(24)32(27(22)34)17-8-4-7-16(13-17)30-26(33)19-12-15-6-2-3-9-18(15)23(19)28(35)36/h2-3,5-6,9-11,16-17,19,23H,4,7-8,12-13H2,1H3,(H,30,33)(H,35,36). The van der Waals surface area contributed by atoms with Crippen LogP contribution >= 0.6 is 11.6 Å². The third-order valence-electron chi connectivity index (χ3n) is 7.98. The Morgan fingerprint density at radius 1 is 1.14 bits per heavy atom. The van der Waals surface area contributed by atoms with E-state index in [4.69, 9.17) is 16.1 Å². The maximum atomic E-state index is 13.7. The number of fused-ring (bicyclic) bond motifs is 4. The molecule has 6 rings (SSSR count). The molecule has 2 aromatic carbocycles. The zero-order valence-corrected chi connectivity index (χ0v) is 21.0. The van der Waals surface area contributed by atoms with Gasteiger partial charge in [-0.3, -0.25) is 14.4 Å². The number of aromatic nitrogens is 2. The van der Waals surface area contributed by atoms with Gasteiger partial charge in [0.2, 0.25) is 5.91 Å². The lowest BCUT2D eigenvalue weighted by Gasteiger charge is -2.33. The summed E-state index contributed by atoms with van der Waals surface area (Å²) in [5, 5.41) is 18.7. The summed E-state index contributed by atoms with van der Waals surface area (Å²) in [5.74, 6) is -2.31. The number of carbonyl (C=O) groups is 2. The van der Waals surface area contributed by atoms with E-state index < -0.39 is 17.8 Å². The molecule has 37 heavy (non-hydrogen) atoms. The predicted molar refractivity (Wildman–Crippen MR) is 139 cm³/mol. The molecule has 0 bridgehead atoms. The Bertz CT molecular complexity index is 1620. The topological polar surface area (TPSA) is 114 Å². The fourth-order valence-corrected chi connectivity index (χ4v) is 6.58. The molecule has 2 aromatic heterocycles. The van der Waals surface area contributed by atoms with Gasteiger partial charge >= 0.3 is 5.97 Å². The maximum Gasteiger partial charge on any atom is 0.311 e. The van der Waals surface area contributed by atoms with Crippen molar-refractivity contribution in [1.82, 2.24) is 15.0 Å². The molecule has 1 amide bonds. The van der Waals surface area contributed by atoms with Crippen molar-refractivity contribution in [2.75, 3.05) is 0 Å². The van der Waals surface area contributed by atoms with Gasteiger partial charge in [0.1, 0.15) is 16.7 Å². The number of aliphatic carboxylic acids is 1. The maximum absolute atomic E-state index is 13.7. The number of pyridine rings is 1. The van der Waals surface area contributed by atoms with Crippen LogP contribution in [-0.4, -0.2) is 32.7 Å². The first-order chi connectivity index (χ1) is 17.8. The summed E-state index contributed by atoms with van der Waals surface area (Å²) in [5.41, 5.74) is 2.58. The van der Waals surface area contributed by atoms with E-state index in [9.17, 15) is 19.5 Å². The van der Waals surface area contributed by atoms with Crippen LogP contribution in [-0.2, 0) is 16.0 Å². The molecular weight excluding hydrogens is 494 g/mol. The second-order valence-corrected chi connectivity index (χ2v) is 10.5. The van der Waals surface area contributed by atoms with E-state index in [-0.39, 0.29) is 23.6 Å². The molecule has 0 aliphatic heterocycles. The van der Waals surface area contributed by atoms with E-state index >= 15 is 0 Å². The molecule has 2 aliphatic rings. The van der Waals surface area contributed by atoms with Crippen LogP contribution < -0.4 is 10.9 Å². The smallest absolute Gasteiger partial charge is 0.311 e. The summed E-state index contributed by atoms with van der Waals surface area (Å²) in [6, 6.07) is 12.5. The summed E-state index contributed by atoms with van der Waals surface area (Å²) < 4.78 is 7.14. The van der Waals surface area contributed by atoms with Crippen LogP contribution in [0.15, 0.2) is 51.8 Å². The minimum atomic E-state index is -0.987. The highest BCUT2D eigenvalue weighted by molar-refractivity contribution is 6.37. The third kappa shape index (κ3) is 3.82. The molecule has 0 saturated heterocycles. The number of carbonyl (C=O) groups excluding carboxylic acids is 1. The van der Waals surface area contributed by atoms with Gasteiger partial charge in [-0.15, -0.1) is 0 Å². The van der Waals surface area contributed by atoms with Crippen molar-refractivity contribution in [1.29, 1.82) is 0 Å². The fraction of sp³-hybridized carbons (Fsp3) is 0.357. The number of benzene rings is 2. The number of nitrogens with zero attached hydrogens (tertiary/aromatic N) is 2. The molecule has 190 valence electrons. The Labute approximate surface area is 217 Å². The van der Waals surface area contributed by atoms with Crippen molar-refractivity contribution >= 4 is 45.3 Å². The average molecular weight is 520 g/mol. The monoisotopic (exact) mass is 519 g/mol. The Morgan fingerprint density at radius 2 is 1.95 bits per heavy atom. The van der Waals surface area contributed by atoms with E-state index in [0.29, 0.717) is 51.0 Å². The lowest BCUT2D eigenvalue weighted by Crippen LogP contribution is -2.44. The highest BCUT2D eigenvalue weighted by atomic mass is 35.5. The van der Waals surface area contributed by atoms with E-state index in [2.05, 4.69) is 10.5 Å². The minimum Gasteiger partial charge on any atom is -0.481 e. The first-order valence-electron chi connectivity index (χ1n) is 12.5. The predicted octanol–water partition coefficient (Wildman–Crippen LogP) is 4.75. The Balaban J connectivity index is 1.31. The molecule has 0 radical (unpaired) electrons. The molecule has 2 N–H and O–H groups in total. The zero-order valence-electron chi connectivity index (χ0n) is 20.2. The van der Waals surface area contributed by atoms with Gasteiger partial charge in [0.05, 0.1) is 22.4 Å². The van der Waals surface area contributed by atoms with E-state index in [0.717, 1.165) is 24.8 Å². The number of halogens is 1. The van der Waals surface area contributed by atoms with Crippen LogP contribution in [0.25, 0.3) is 21.8 Å². The van der Waals surface area contributed by atoms with Crippen molar-refractivity contribution in [3.05, 3.63) is 74.7 Å². The van der Waals surface area contributed by atoms with Crippen molar-refractivity contribution in [3.8, 4) is 0 Å².